The third-order valence-electron chi connectivity index (χ3n) is 3.40. The minimum absolute atomic E-state index is 0.122. The molecule has 0 fully saturated rings. The first kappa shape index (κ1) is 12.3. The summed E-state index contributed by atoms with van der Waals surface area (Å²) in [5, 5.41) is 9.38. The second kappa shape index (κ2) is 4.42. The van der Waals surface area contributed by atoms with Crippen LogP contribution in [0.2, 0.25) is 0 Å². The van der Waals surface area contributed by atoms with E-state index in [4.69, 9.17) is 10.5 Å². The van der Waals surface area contributed by atoms with Gasteiger partial charge in [0.15, 0.2) is 0 Å². The number of rotatable bonds is 1. The summed E-state index contributed by atoms with van der Waals surface area (Å²) in [5.41, 5.74) is 9.19. The second-order valence-electron chi connectivity index (χ2n) is 4.88. The summed E-state index contributed by atoms with van der Waals surface area (Å²) >= 11 is 0. The number of imidazole rings is 1. The molecule has 1 aromatic heterocycles. The van der Waals surface area contributed by atoms with Crippen molar-refractivity contribution < 1.29 is 4.74 Å². The van der Waals surface area contributed by atoms with Gasteiger partial charge in [-0.15, -0.1) is 0 Å². The van der Waals surface area contributed by atoms with Gasteiger partial charge in [-0.2, -0.15) is 10.2 Å². The van der Waals surface area contributed by atoms with Crippen LogP contribution in [-0.2, 0) is 0 Å². The predicted octanol–water partition coefficient (Wildman–Crippen LogP) is 2.24. The van der Waals surface area contributed by atoms with Gasteiger partial charge in [0.2, 0.25) is 11.8 Å². The van der Waals surface area contributed by atoms with E-state index in [1.165, 1.54) is 0 Å². The van der Waals surface area contributed by atoms with Crippen molar-refractivity contribution in [2.45, 2.75) is 19.8 Å². The first-order chi connectivity index (χ1) is 9.60. The van der Waals surface area contributed by atoms with Gasteiger partial charge in [-0.25, -0.2) is 0 Å². The smallest absolute Gasteiger partial charge is 0.243 e. The molecule has 0 aliphatic carbocycles. The molecule has 0 saturated heterocycles. The minimum Gasteiger partial charge on any atom is -0.420 e. The lowest BCUT2D eigenvalue weighted by atomic mass is 9.87. The summed E-state index contributed by atoms with van der Waals surface area (Å²) in [6, 6.07) is 10.2. The van der Waals surface area contributed by atoms with E-state index in [-0.39, 0.29) is 11.8 Å². The fraction of sp³-hybridized carbons (Fsp3) is 0.200. The molecule has 0 radical (unpaired) electrons. The van der Waals surface area contributed by atoms with Gasteiger partial charge >= 0.3 is 0 Å². The van der Waals surface area contributed by atoms with Crippen molar-refractivity contribution in [2.75, 3.05) is 0 Å². The number of hydrogen-bond donors (Lipinski definition) is 2. The van der Waals surface area contributed by atoms with Gasteiger partial charge in [0.1, 0.15) is 17.5 Å². The zero-order valence-corrected chi connectivity index (χ0v) is 11.3. The number of nitrogens with one attached hydrogen (secondary N) is 1. The molecular weight excluding hydrogens is 252 g/mol. The molecule has 100 valence electrons. The molecule has 3 rings (SSSR count). The molecule has 5 heteroatoms. The maximum absolute atomic E-state index is 9.38. The lowest BCUT2D eigenvalue weighted by Crippen LogP contribution is -2.21. The van der Waals surface area contributed by atoms with Crippen molar-refractivity contribution in [1.82, 2.24) is 9.97 Å². The fourth-order valence-corrected chi connectivity index (χ4v) is 2.42. The van der Waals surface area contributed by atoms with Crippen LogP contribution in [0, 0.1) is 25.2 Å². The standard InChI is InChI=1S/C15H14N4O/c1-8-3-5-10(6-4-8)12-11(7-16)14(17)20-15-13(12)18-9(2)19-15/h3-6,12H,17H2,1-2H3,(H,18,19). The van der Waals surface area contributed by atoms with Crippen LogP contribution in [-0.4, -0.2) is 9.97 Å². The molecule has 20 heavy (non-hydrogen) atoms. The number of hydrogen-bond acceptors (Lipinski definition) is 4. The molecule has 0 amide bonds. The number of benzene rings is 1. The second-order valence-corrected chi connectivity index (χ2v) is 4.88. The van der Waals surface area contributed by atoms with E-state index in [2.05, 4.69) is 16.0 Å². The maximum Gasteiger partial charge on any atom is 0.243 e. The van der Waals surface area contributed by atoms with Crippen molar-refractivity contribution in [3.8, 4) is 11.9 Å². The lowest BCUT2D eigenvalue weighted by Gasteiger charge is -2.22. The van der Waals surface area contributed by atoms with Crippen molar-refractivity contribution in [1.29, 1.82) is 5.26 Å². The Balaban J connectivity index is 2.19. The van der Waals surface area contributed by atoms with E-state index in [1.54, 1.807) is 0 Å². The Morgan fingerprint density at radius 3 is 2.65 bits per heavy atom. The number of nitriles is 1. The van der Waals surface area contributed by atoms with Crippen LogP contribution in [0.5, 0.6) is 5.88 Å². The number of fused-ring (bicyclic) bond motifs is 1. The Bertz CT molecular complexity index is 734. The average Bonchev–Trinajstić information content (AvgIpc) is 2.78. The molecular formula is C15H14N4O. The first-order valence-corrected chi connectivity index (χ1v) is 6.31. The Morgan fingerprint density at radius 2 is 2.00 bits per heavy atom. The number of allylic oxidation sites excluding steroid dienone is 1. The number of H-pyrrole nitrogens is 1. The maximum atomic E-state index is 9.38. The van der Waals surface area contributed by atoms with Crippen LogP contribution in [0.3, 0.4) is 0 Å². The number of aromatic amines is 1. The van der Waals surface area contributed by atoms with E-state index in [9.17, 15) is 5.26 Å². The van der Waals surface area contributed by atoms with Crippen molar-refractivity contribution >= 4 is 0 Å². The molecule has 1 atom stereocenters. The molecule has 0 bridgehead atoms. The first-order valence-electron chi connectivity index (χ1n) is 6.31. The molecule has 0 spiro atoms. The van der Waals surface area contributed by atoms with E-state index in [0.717, 1.165) is 22.6 Å². The summed E-state index contributed by atoms with van der Waals surface area (Å²) < 4.78 is 5.42. The molecule has 1 aliphatic rings. The van der Waals surface area contributed by atoms with Crippen molar-refractivity contribution in [2.24, 2.45) is 5.73 Å². The fourth-order valence-electron chi connectivity index (χ4n) is 2.42. The van der Waals surface area contributed by atoms with Crippen LogP contribution < -0.4 is 10.5 Å². The summed E-state index contributed by atoms with van der Waals surface area (Å²) in [6.07, 6.45) is 0. The highest BCUT2D eigenvalue weighted by Gasteiger charge is 2.33. The predicted molar refractivity (Wildman–Crippen MR) is 73.8 cm³/mol. The Morgan fingerprint density at radius 1 is 1.30 bits per heavy atom. The molecule has 1 aromatic carbocycles. The molecule has 3 N–H and O–H groups in total. The average molecular weight is 266 g/mol. The van der Waals surface area contributed by atoms with E-state index in [1.807, 2.05) is 38.1 Å². The van der Waals surface area contributed by atoms with Crippen LogP contribution >= 0.6 is 0 Å². The van der Waals surface area contributed by atoms with Crippen LogP contribution in [0.15, 0.2) is 35.7 Å². The van der Waals surface area contributed by atoms with Crippen molar-refractivity contribution in [3.63, 3.8) is 0 Å². The van der Waals surface area contributed by atoms with Crippen LogP contribution in [0.25, 0.3) is 0 Å². The third-order valence-corrected chi connectivity index (χ3v) is 3.40. The summed E-state index contributed by atoms with van der Waals surface area (Å²) in [7, 11) is 0. The highest BCUT2D eigenvalue weighted by molar-refractivity contribution is 5.51. The van der Waals surface area contributed by atoms with Gasteiger partial charge in [0.05, 0.1) is 11.6 Å². The number of nitrogens with two attached hydrogens (primary N) is 1. The summed E-state index contributed by atoms with van der Waals surface area (Å²) in [4.78, 5) is 7.43. The number of aromatic nitrogens is 2. The number of ether oxygens (including phenoxy) is 1. The Hall–Kier alpha value is -2.74. The monoisotopic (exact) mass is 266 g/mol. The summed E-state index contributed by atoms with van der Waals surface area (Å²) in [6.45, 7) is 3.87. The van der Waals surface area contributed by atoms with Crippen molar-refractivity contribution in [3.05, 3.63) is 58.4 Å². The third kappa shape index (κ3) is 1.82. The van der Waals surface area contributed by atoms with Gasteiger partial charge in [-0.1, -0.05) is 29.8 Å². The molecule has 1 unspecified atom stereocenters. The van der Waals surface area contributed by atoms with E-state index < -0.39 is 0 Å². The minimum atomic E-state index is -0.259. The molecule has 5 nitrogen and oxygen atoms in total. The Kier molecular flexibility index (Phi) is 2.72. The SMILES string of the molecule is Cc1ccc(C2C(C#N)=C(N)Oc3nc(C)[nH]c32)cc1. The number of aryl methyl sites for hydroxylation is 2. The number of nitrogens with zero attached hydrogens (tertiary/aromatic N) is 2. The van der Waals surface area contributed by atoms with E-state index in [0.29, 0.717) is 11.5 Å². The highest BCUT2D eigenvalue weighted by atomic mass is 16.5. The highest BCUT2D eigenvalue weighted by Crippen LogP contribution is 2.40. The molecule has 2 heterocycles. The van der Waals surface area contributed by atoms with Gasteiger partial charge < -0.3 is 15.5 Å². The molecule has 0 saturated carbocycles. The van der Waals surface area contributed by atoms with Gasteiger partial charge in [-0.05, 0) is 19.4 Å². The van der Waals surface area contributed by atoms with Gasteiger partial charge in [0.25, 0.3) is 0 Å². The summed E-state index contributed by atoms with van der Waals surface area (Å²) in [5.74, 6) is 1.05. The van der Waals surface area contributed by atoms with E-state index >= 15 is 0 Å². The van der Waals surface area contributed by atoms with Gasteiger partial charge in [0, 0.05) is 0 Å². The molecule has 2 aromatic rings. The zero-order chi connectivity index (χ0) is 14.3. The Labute approximate surface area is 116 Å². The van der Waals surface area contributed by atoms with Crippen LogP contribution in [0.1, 0.15) is 28.6 Å². The van der Waals surface area contributed by atoms with Gasteiger partial charge in [-0.3, -0.25) is 0 Å². The largest absolute Gasteiger partial charge is 0.420 e. The normalized spacial score (nSPS) is 17.4. The van der Waals surface area contributed by atoms with Crippen LogP contribution in [0.4, 0.5) is 0 Å². The quantitative estimate of drug-likeness (QED) is 0.828. The lowest BCUT2D eigenvalue weighted by molar-refractivity contribution is 0.379. The topological polar surface area (TPSA) is 87.7 Å². The molecule has 1 aliphatic heterocycles. The zero-order valence-electron chi connectivity index (χ0n) is 11.3.